The smallest absolute Gasteiger partial charge is 0.335 e. The average molecular weight is 230 g/mol. The van der Waals surface area contributed by atoms with Gasteiger partial charge in [0.05, 0.1) is 5.56 Å². The van der Waals surface area contributed by atoms with Crippen LogP contribution in [0, 0.1) is 11.8 Å². The third kappa shape index (κ3) is 2.86. The Hall–Kier alpha value is -1.79. The second-order valence-corrected chi connectivity index (χ2v) is 4.37. The zero-order chi connectivity index (χ0) is 12.3. The Morgan fingerprint density at radius 2 is 2.00 bits per heavy atom. The quantitative estimate of drug-likeness (QED) is 0.726. The second-order valence-electron chi connectivity index (χ2n) is 4.37. The fourth-order valence-corrected chi connectivity index (χ4v) is 2.00. The van der Waals surface area contributed by atoms with Gasteiger partial charge in [-0.1, -0.05) is 17.9 Å². The first-order valence-electron chi connectivity index (χ1n) is 5.68. The third-order valence-electron chi connectivity index (χ3n) is 2.98. The van der Waals surface area contributed by atoms with Gasteiger partial charge in [-0.3, -0.25) is 0 Å². The summed E-state index contributed by atoms with van der Waals surface area (Å²) in [6.45, 7) is 0. The number of benzene rings is 1. The molecule has 2 rings (SSSR count). The van der Waals surface area contributed by atoms with Crippen molar-refractivity contribution in [1.29, 1.82) is 0 Å². The molecular formula is C14H14O3. The number of aliphatic hydroxyl groups is 1. The maximum Gasteiger partial charge on any atom is 0.335 e. The van der Waals surface area contributed by atoms with E-state index in [4.69, 9.17) is 5.11 Å². The van der Waals surface area contributed by atoms with Crippen molar-refractivity contribution in [3.63, 3.8) is 0 Å². The molecule has 17 heavy (non-hydrogen) atoms. The molecular weight excluding hydrogens is 216 g/mol. The monoisotopic (exact) mass is 230 g/mol. The maximum absolute atomic E-state index is 10.8. The molecule has 0 bridgehead atoms. The number of rotatable bonds is 1. The molecule has 0 spiro atoms. The van der Waals surface area contributed by atoms with Gasteiger partial charge in [0.1, 0.15) is 5.60 Å². The van der Waals surface area contributed by atoms with E-state index in [1.165, 1.54) is 12.1 Å². The molecule has 0 aromatic heterocycles. The van der Waals surface area contributed by atoms with E-state index in [0.717, 1.165) is 12.8 Å². The highest BCUT2D eigenvalue weighted by Crippen LogP contribution is 2.28. The van der Waals surface area contributed by atoms with Crippen molar-refractivity contribution in [2.24, 2.45) is 0 Å². The van der Waals surface area contributed by atoms with Gasteiger partial charge in [0, 0.05) is 5.56 Å². The summed E-state index contributed by atoms with van der Waals surface area (Å²) in [6, 6.07) is 6.45. The highest BCUT2D eigenvalue weighted by atomic mass is 16.4. The Kier molecular flexibility index (Phi) is 3.16. The van der Waals surface area contributed by atoms with E-state index >= 15 is 0 Å². The van der Waals surface area contributed by atoms with Crippen LogP contribution >= 0.6 is 0 Å². The van der Waals surface area contributed by atoms with Crippen LogP contribution < -0.4 is 0 Å². The van der Waals surface area contributed by atoms with Gasteiger partial charge in [-0.15, -0.1) is 0 Å². The van der Waals surface area contributed by atoms with Gasteiger partial charge in [-0.2, -0.15) is 0 Å². The van der Waals surface area contributed by atoms with Crippen LogP contribution in [0.15, 0.2) is 24.3 Å². The van der Waals surface area contributed by atoms with Gasteiger partial charge >= 0.3 is 5.97 Å². The number of carboxylic acids is 1. The zero-order valence-corrected chi connectivity index (χ0v) is 9.44. The fraction of sp³-hybridized carbons (Fsp3) is 0.357. The summed E-state index contributed by atoms with van der Waals surface area (Å²) >= 11 is 0. The summed E-state index contributed by atoms with van der Waals surface area (Å²) in [4.78, 5) is 10.8. The van der Waals surface area contributed by atoms with Crippen molar-refractivity contribution in [3.05, 3.63) is 35.4 Å². The summed E-state index contributed by atoms with van der Waals surface area (Å²) in [7, 11) is 0. The predicted octanol–water partition coefficient (Wildman–Crippen LogP) is 2.04. The maximum atomic E-state index is 10.8. The molecule has 1 aliphatic carbocycles. The molecule has 3 nitrogen and oxygen atoms in total. The summed E-state index contributed by atoms with van der Waals surface area (Å²) in [5.74, 6) is 4.75. The topological polar surface area (TPSA) is 57.5 Å². The second kappa shape index (κ2) is 4.60. The molecule has 88 valence electrons. The van der Waals surface area contributed by atoms with Crippen LogP contribution in [0.2, 0.25) is 0 Å². The van der Waals surface area contributed by atoms with Crippen LogP contribution in [-0.2, 0) is 0 Å². The van der Waals surface area contributed by atoms with Crippen molar-refractivity contribution in [1.82, 2.24) is 0 Å². The van der Waals surface area contributed by atoms with Crippen LogP contribution in [0.1, 0.15) is 41.6 Å². The molecule has 1 fully saturated rings. The lowest BCUT2D eigenvalue weighted by atomic mass is 10.0. The molecule has 0 aliphatic heterocycles. The molecule has 1 saturated carbocycles. The van der Waals surface area contributed by atoms with Gasteiger partial charge in [-0.25, -0.2) is 4.79 Å². The van der Waals surface area contributed by atoms with Gasteiger partial charge in [0.25, 0.3) is 0 Å². The molecule has 0 atom stereocenters. The van der Waals surface area contributed by atoms with E-state index < -0.39 is 11.6 Å². The largest absolute Gasteiger partial charge is 0.478 e. The molecule has 3 heteroatoms. The van der Waals surface area contributed by atoms with E-state index in [-0.39, 0.29) is 5.56 Å². The van der Waals surface area contributed by atoms with E-state index in [1.807, 2.05) is 0 Å². The van der Waals surface area contributed by atoms with Crippen LogP contribution in [0.3, 0.4) is 0 Å². The first-order valence-corrected chi connectivity index (χ1v) is 5.68. The molecule has 0 saturated heterocycles. The van der Waals surface area contributed by atoms with Crippen LogP contribution in [0.5, 0.6) is 0 Å². The number of hydrogen-bond acceptors (Lipinski definition) is 2. The molecule has 0 heterocycles. The normalized spacial score (nSPS) is 17.2. The van der Waals surface area contributed by atoms with Crippen LogP contribution in [0.4, 0.5) is 0 Å². The van der Waals surface area contributed by atoms with Crippen molar-refractivity contribution < 1.29 is 15.0 Å². The summed E-state index contributed by atoms with van der Waals surface area (Å²) in [5, 5.41) is 18.9. The molecule has 0 amide bonds. The Bertz CT molecular complexity index is 488. The lowest BCUT2D eigenvalue weighted by molar-refractivity contribution is 0.0697. The van der Waals surface area contributed by atoms with Gasteiger partial charge in [-0.05, 0) is 43.9 Å². The molecule has 1 aromatic carbocycles. The number of carboxylic acid groups (broad SMARTS) is 1. The zero-order valence-electron chi connectivity index (χ0n) is 9.44. The van der Waals surface area contributed by atoms with Crippen LogP contribution in [-0.4, -0.2) is 21.8 Å². The van der Waals surface area contributed by atoms with E-state index in [2.05, 4.69) is 11.8 Å². The van der Waals surface area contributed by atoms with E-state index in [9.17, 15) is 9.90 Å². The molecule has 1 aliphatic rings. The Morgan fingerprint density at radius 3 is 2.65 bits per heavy atom. The number of carbonyl (C=O) groups is 1. The SMILES string of the molecule is O=C(O)c1cccc(C#CC2(O)CCCC2)c1. The van der Waals surface area contributed by atoms with Gasteiger partial charge < -0.3 is 10.2 Å². The standard InChI is InChI=1S/C14H14O3/c15-13(16)12-5-3-4-11(10-12)6-9-14(17)7-1-2-8-14/h3-5,10,17H,1-2,7-8H2,(H,15,16). The fourth-order valence-electron chi connectivity index (χ4n) is 2.00. The van der Waals surface area contributed by atoms with Crippen molar-refractivity contribution in [2.45, 2.75) is 31.3 Å². The molecule has 0 radical (unpaired) electrons. The average Bonchev–Trinajstić information content (AvgIpc) is 2.75. The summed E-state index contributed by atoms with van der Waals surface area (Å²) in [5.41, 5.74) is -0.0281. The highest BCUT2D eigenvalue weighted by Gasteiger charge is 2.28. The first-order chi connectivity index (χ1) is 8.09. The van der Waals surface area contributed by atoms with Crippen molar-refractivity contribution in [3.8, 4) is 11.8 Å². The highest BCUT2D eigenvalue weighted by molar-refractivity contribution is 5.88. The minimum Gasteiger partial charge on any atom is -0.478 e. The Morgan fingerprint density at radius 1 is 1.29 bits per heavy atom. The summed E-state index contributed by atoms with van der Waals surface area (Å²) < 4.78 is 0. The van der Waals surface area contributed by atoms with E-state index in [1.54, 1.807) is 12.1 Å². The summed E-state index contributed by atoms with van der Waals surface area (Å²) in [6.07, 6.45) is 3.41. The Balaban J connectivity index is 2.21. The lowest BCUT2D eigenvalue weighted by Gasteiger charge is -2.12. The minimum absolute atomic E-state index is 0.218. The van der Waals surface area contributed by atoms with E-state index in [0.29, 0.717) is 18.4 Å². The van der Waals surface area contributed by atoms with Crippen molar-refractivity contribution >= 4 is 5.97 Å². The molecule has 0 unspecified atom stereocenters. The third-order valence-corrected chi connectivity index (χ3v) is 2.98. The molecule has 1 aromatic rings. The lowest BCUT2D eigenvalue weighted by Crippen LogP contribution is -2.20. The number of aromatic carboxylic acids is 1. The van der Waals surface area contributed by atoms with Gasteiger partial charge in [0.15, 0.2) is 0 Å². The van der Waals surface area contributed by atoms with Crippen LogP contribution in [0.25, 0.3) is 0 Å². The van der Waals surface area contributed by atoms with Crippen molar-refractivity contribution in [2.75, 3.05) is 0 Å². The predicted molar refractivity (Wildman–Crippen MR) is 63.7 cm³/mol. The van der Waals surface area contributed by atoms with Gasteiger partial charge in [0.2, 0.25) is 0 Å². The Labute approximate surface area is 100 Å². The molecule has 2 N–H and O–H groups in total. The minimum atomic E-state index is -0.965. The first kappa shape index (κ1) is 11.7. The number of hydrogen-bond donors (Lipinski definition) is 2.